The number of urea groups is 1. The zero-order valence-corrected chi connectivity index (χ0v) is 22.4. The van der Waals surface area contributed by atoms with E-state index in [1.165, 1.54) is 22.7 Å². The molecule has 1 aromatic heterocycles. The topological polar surface area (TPSA) is 124 Å². The Balaban J connectivity index is 1.24. The zero-order valence-electron chi connectivity index (χ0n) is 21.6. The van der Waals surface area contributed by atoms with Crippen molar-refractivity contribution in [2.45, 2.75) is 35.4 Å². The van der Waals surface area contributed by atoms with E-state index in [-0.39, 0.29) is 30.9 Å². The Morgan fingerprint density at radius 3 is 2.70 bits per heavy atom. The quantitative estimate of drug-likeness (QED) is 0.397. The molecule has 3 aliphatic heterocycles. The Kier molecular flexibility index (Phi) is 6.68. The Morgan fingerprint density at radius 1 is 1.15 bits per heavy atom. The Labute approximate surface area is 235 Å². The van der Waals surface area contributed by atoms with Gasteiger partial charge >= 0.3 is 6.03 Å². The average molecular weight is 558 g/mol. The van der Waals surface area contributed by atoms with E-state index < -0.39 is 23.4 Å². The van der Waals surface area contributed by atoms with Gasteiger partial charge in [-0.15, -0.1) is 0 Å². The van der Waals surface area contributed by atoms with Gasteiger partial charge < -0.3 is 25.4 Å². The van der Waals surface area contributed by atoms with E-state index in [1.54, 1.807) is 17.2 Å². The van der Waals surface area contributed by atoms with Crippen LogP contribution in [0.3, 0.4) is 0 Å². The lowest BCUT2D eigenvalue weighted by atomic mass is 9.99. The largest absolute Gasteiger partial charge is 0.457 e. The van der Waals surface area contributed by atoms with Gasteiger partial charge in [0.2, 0.25) is 11.8 Å². The van der Waals surface area contributed by atoms with Crippen molar-refractivity contribution in [2.24, 2.45) is 0 Å². The second kappa shape index (κ2) is 10.3. The molecule has 4 heterocycles. The average Bonchev–Trinajstić information content (AvgIpc) is 3.50. The van der Waals surface area contributed by atoms with Crippen LogP contribution in [0.5, 0.6) is 11.5 Å². The number of anilines is 2. The van der Waals surface area contributed by atoms with Crippen molar-refractivity contribution in [1.82, 2.24) is 20.5 Å². The fourth-order valence-electron chi connectivity index (χ4n) is 5.33. The molecule has 3 aromatic rings. The van der Waals surface area contributed by atoms with Crippen molar-refractivity contribution in [3.05, 3.63) is 84.6 Å². The molecule has 0 aliphatic carbocycles. The molecule has 2 aromatic carbocycles. The SMILES string of the molecule is C=CC(=O)N1C[C@H](NC(=O)C2Sc3nccc4c3C2NC(=O)N4c2ccc(Oc3ccccc3)cc2C)[C@@H](O)C1. The van der Waals surface area contributed by atoms with Crippen molar-refractivity contribution >= 4 is 41.0 Å². The normalized spacial score (nSPS) is 22.9. The number of aliphatic hydroxyl groups is 1. The van der Waals surface area contributed by atoms with Crippen LogP contribution in [-0.2, 0) is 9.59 Å². The summed E-state index contributed by atoms with van der Waals surface area (Å²) in [7, 11) is 0. The van der Waals surface area contributed by atoms with Crippen molar-refractivity contribution < 1.29 is 24.2 Å². The molecule has 3 N–H and O–H groups in total. The molecule has 0 spiro atoms. The summed E-state index contributed by atoms with van der Waals surface area (Å²) < 4.78 is 5.95. The molecule has 0 bridgehead atoms. The van der Waals surface area contributed by atoms with Crippen LogP contribution in [0.1, 0.15) is 17.2 Å². The second-order valence-corrected chi connectivity index (χ2v) is 11.0. The number of benzene rings is 2. The summed E-state index contributed by atoms with van der Waals surface area (Å²) in [4.78, 5) is 46.4. The number of nitrogens with one attached hydrogen (secondary N) is 2. The first-order valence-corrected chi connectivity index (χ1v) is 13.7. The fourth-order valence-corrected chi connectivity index (χ4v) is 6.57. The number of hydrogen-bond acceptors (Lipinski definition) is 7. The zero-order chi connectivity index (χ0) is 28.0. The summed E-state index contributed by atoms with van der Waals surface area (Å²) in [5, 5.41) is 16.3. The summed E-state index contributed by atoms with van der Waals surface area (Å²) in [5.41, 5.74) is 2.95. The highest BCUT2D eigenvalue weighted by molar-refractivity contribution is 8.01. The van der Waals surface area contributed by atoms with Gasteiger partial charge in [0, 0.05) is 24.8 Å². The number of thioether (sulfide) groups is 1. The highest BCUT2D eigenvalue weighted by atomic mass is 32.2. The minimum Gasteiger partial charge on any atom is -0.457 e. The summed E-state index contributed by atoms with van der Waals surface area (Å²) >= 11 is 1.27. The molecule has 0 saturated carbocycles. The van der Waals surface area contributed by atoms with Gasteiger partial charge in [-0.1, -0.05) is 36.5 Å². The molecule has 4 atom stereocenters. The van der Waals surface area contributed by atoms with Crippen molar-refractivity contribution in [2.75, 3.05) is 18.0 Å². The number of aromatic nitrogens is 1. The smallest absolute Gasteiger partial charge is 0.327 e. The van der Waals surface area contributed by atoms with Gasteiger partial charge in [-0.3, -0.25) is 14.5 Å². The molecular weight excluding hydrogens is 530 g/mol. The standard InChI is InChI=1S/C29H27N5O5S/c1-3-23(36)33-14-19(22(35)15-33)31-27(37)26-25-24-21(11-12-30-28(24)40-26)34(29(38)32-25)20-10-9-18(13-16(20)2)39-17-7-5-4-6-8-17/h3-13,19,22,25-26,35H,1,14-15H2,2H3,(H,31,37)(H,32,38)/t19-,22-,25?,26?/m0/s1. The summed E-state index contributed by atoms with van der Waals surface area (Å²) in [6, 6.07) is 15.2. The molecule has 1 fully saturated rings. The first kappa shape index (κ1) is 25.9. The third kappa shape index (κ3) is 4.56. The van der Waals surface area contributed by atoms with Crippen molar-refractivity contribution in [3.8, 4) is 11.5 Å². The predicted octanol–water partition coefficient (Wildman–Crippen LogP) is 3.43. The number of likely N-dealkylation sites (tertiary alicyclic amines) is 1. The third-order valence-corrected chi connectivity index (χ3v) is 8.54. The van der Waals surface area contributed by atoms with E-state index in [0.717, 1.165) is 11.1 Å². The molecule has 1 saturated heterocycles. The van der Waals surface area contributed by atoms with E-state index >= 15 is 0 Å². The van der Waals surface area contributed by atoms with Crippen LogP contribution in [0.15, 0.2) is 78.5 Å². The van der Waals surface area contributed by atoms with Crippen molar-refractivity contribution in [3.63, 3.8) is 0 Å². The Hall–Kier alpha value is -4.35. The number of rotatable bonds is 6. The number of amides is 4. The van der Waals surface area contributed by atoms with E-state index in [4.69, 9.17) is 4.74 Å². The minimum absolute atomic E-state index is 0.114. The van der Waals surface area contributed by atoms with Crippen LogP contribution in [0.25, 0.3) is 0 Å². The summed E-state index contributed by atoms with van der Waals surface area (Å²) in [5.74, 6) is 0.717. The summed E-state index contributed by atoms with van der Waals surface area (Å²) in [6.45, 7) is 5.68. The van der Waals surface area contributed by atoms with Crippen LogP contribution in [0, 0.1) is 6.92 Å². The van der Waals surface area contributed by atoms with Crippen LogP contribution in [-0.4, -0.2) is 63.3 Å². The van der Waals surface area contributed by atoms with Gasteiger partial charge in [0.25, 0.3) is 0 Å². The van der Waals surface area contributed by atoms with Crippen LogP contribution < -0.4 is 20.3 Å². The number of aliphatic hydroxyl groups excluding tert-OH is 1. The van der Waals surface area contributed by atoms with Gasteiger partial charge in [-0.2, -0.15) is 0 Å². The van der Waals surface area contributed by atoms with Crippen LogP contribution >= 0.6 is 11.8 Å². The minimum atomic E-state index is -0.899. The second-order valence-electron chi connectivity index (χ2n) is 9.84. The number of pyridine rings is 1. The van der Waals surface area contributed by atoms with Gasteiger partial charge in [-0.25, -0.2) is 9.78 Å². The number of para-hydroxylation sites is 1. The lowest BCUT2D eigenvalue weighted by Crippen LogP contribution is -2.52. The number of carbonyl (C=O) groups is 3. The lowest BCUT2D eigenvalue weighted by molar-refractivity contribution is -0.126. The molecule has 40 heavy (non-hydrogen) atoms. The molecule has 6 rings (SSSR count). The maximum atomic E-state index is 13.5. The first-order valence-electron chi connectivity index (χ1n) is 12.8. The number of ether oxygens (including phenoxy) is 1. The number of hydrogen-bond donors (Lipinski definition) is 3. The Bertz CT molecular complexity index is 1520. The van der Waals surface area contributed by atoms with Gasteiger partial charge in [-0.05, 0) is 55.0 Å². The van der Waals surface area contributed by atoms with Crippen LogP contribution in [0.4, 0.5) is 16.2 Å². The first-order chi connectivity index (χ1) is 19.3. The van der Waals surface area contributed by atoms with Gasteiger partial charge in [0.05, 0.1) is 29.6 Å². The van der Waals surface area contributed by atoms with Crippen molar-refractivity contribution in [1.29, 1.82) is 0 Å². The maximum absolute atomic E-state index is 13.5. The molecule has 3 aliphatic rings. The number of carbonyl (C=O) groups excluding carboxylic acids is 3. The molecular formula is C29H27N5O5S. The van der Waals surface area contributed by atoms with E-state index in [2.05, 4.69) is 22.2 Å². The van der Waals surface area contributed by atoms with Gasteiger partial charge in [0.15, 0.2) is 0 Å². The number of aryl methyl sites for hydroxylation is 1. The summed E-state index contributed by atoms with van der Waals surface area (Å²) in [6.07, 6.45) is 1.91. The fraction of sp³-hybridized carbons (Fsp3) is 0.241. The number of nitrogens with zero attached hydrogens (tertiary/aromatic N) is 3. The van der Waals surface area contributed by atoms with E-state index in [9.17, 15) is 19.5 Å². The molecule has 11 heteroatoms. The van der Waals surface area contributed by atoms with E-state index in [1.807, 2.05) is 55.5 Å². The molecule has 0 radical (unpaired) electrons. The third-order valence-electron chi connectivity index (χ3n) is 7.26. The highest BCUT2D eigenvalue weighted by Gasteiger charge is 2.48. The molecule has 4 amide bonds. The van der Waals surface area contributed by atoms with E-state index in [0.29, 0.717) is 27.9 Å². The highest BCUT2D eigenvalue weighted by Crippen LogP contribution is 2.51. The van der Waals surface area contributed by atoms with Crippen LogP contribution in [0.2, 0.25) is 0 Å². The maximum Gasteiger partial charge on any atom is 0.327 e. The molecule has 2 unspecified atom stereocenters. The predicted molar refractivity (Wildman–Crippen MR) is 150 cm³/mol. The van der Waals surface area contributed by atoms with Gasteiger partial charge in [0.1, 0.15) is 21.8 Å². The Morgan fingerprint density at radius 2 is 1.95 bits per heavy atom. The lowest BCUT2D eigenvalue weighted by Gasteiger charge is -2.35. The number of β-amino-alcohol motifs (C(OH)–C–C–N with tert-alkyl or cyclic N) is 1. The molecule has 10 nitrogen and oxygen atoms in total. The monoisotopic (exact) mass is 557 g/mol. The molecule has 204 valence electrons.